The SMILES string of the molecule is CN(C)S(=O)(=O)c1ccc(NC(=O)C2CCCC2)cc1. The fourth-order valence-corrected chi connectivity index (χ4v) is 3.26. The molecule has 0 radical (unpaired) electrons. The number of carbonyl (C=O) groups excluding carboxylic acids is 1. The summed E-state index contributed by atoms with van der Waals surface area (Å²) in [5.74, 6) is 0.130. The van der Waals surface area contributed by atoms with E-state index in [-0.39, 0.29) is 16.7 Å². The van der Waals surface area contributed by atoms with Crippen LogP contribution in [0.2, 0.25) is 0 Å². The molecule has 0 heterocycles. The Labute approximate surface area is 120 Å². The van der Waals surface area contributed by atoms with Gasteiger partial charge in [-0.25, -0.2) is 12.7 Å². The van der Waals surface area contributed by atoms with Crippen LogP contribution in [-0.4, -0.2) is 32.7 Å². The van der Waals surface area contributed by atoms with Crippen molar-refractivity contribution in [1.82, 2.24) is 4.31 Å². The summed E-state index contributed by atoms with van der Waals surface area (Å²) in [6, 6.07) is 6.28. The third-order valence-electron chi connectivity index (χ3n) is 3.63. The number of amides is 1. The summed E-state index contributed by atoms with van der Waals surface area (Å²) >= 11 is 0. The van der Waals surface area contributed by atoms with Crippen LogP contribution in [0.5, 0.6) is 0 Å². The number of anilines is 1. The van der Waals surface area contributed by atoms with Gasteiger partial charge in [-0.1, -0.05) is 12.8 Å². The second-order valence-corrected chi connectivity index (χ2v) is 7.43. The zero-order valence-electron chi connectivity index (χ0n) is 11.8. The zero-order valence-corrected chi connectivity index (χ0v) is 12.6. The van der Waals surface area contributed by atoms with Crippen LogP contribution in [0.25, 0.3) is 0 Å². The third kappa shape index (κ3) is 3.19. The van der Waals surface area contributed by atoms with Crippen molar-refractivity contribution in [3.05, 3.63) is 24.3 Å². The zero-order chi connectivity index (χ0) is 14.8. The maximum atomic E-state index is 12.0. The van der Waals surface area contributed by atoms with Crippen LogP contribution >= 0.6 is 0 Å². The average molecular weight is 296 g/mol. The van der Waals surface area contributed by atoms with Crippen molar-refractivity contribution in [3.8, 4) is 0 Å². The highest BCUT2D eigenvalue weighted by Gasteiger charge is 2.23. The van der Waals surface area contributed by atoms with Gasteiger partial charge in [-0.15, -0.1) is 0 Å². The van der Waals surface area contributed by atoms with Gasteiger partial charge in [-0.3, -0.25) is 4.79 Å². The van der Waals surface area contributed by atoms with Gasteiger partial charge in [0.25, 0.3) is 0 Å². The summed E-state index contributed by atoms with van der Waals surface area (Å²) in [5, 5.41) is 2.84. The van der Waals surface area contributed by atoms with E-state index in [1.165, 1.54) is 30.5 Å². The molecule has 1 N–H and O–H groups in total. The van der Waals surface area contributed by atoms with Crippen LogP contribution in [0.3, 0.4) is 0 Å². The molecule has 6 heteroatoms. The van der Waals surface area contributed by atoms with Crippen molar-refractivity contribution >= 4 is 21.6 Å². The van der Waals surface area contributed by atoms with Crippen molar-refractivity contribution in [2.75, 3.05) is 19.4 Å². The van der Waals surface area contributed by atoms with Crippen molar-refractivity contribution in [1.29, 1.82) is 0 Å². The second kappa shape index (κ2) is 5.93. The molecule has 1 saturated carbocycles. The van der Waals surface area contributed by atoms with E-state index in [2.05, 4.69) is 5.32 Å². The molecule has 1 aromatic carbocycles. The first kappa shape index (κ1) is 15.0. The molecule has 1 aromatic rings. The lowest BCUT2D eigenvalue weighted by Gasteiger charge is -2.13. The molecule has 1 fully saturated rings. The Balaban J connectivity index is 2.07. The molecule has 1 aliphatic carbocycles. The van der Waals surface area contributed by atoms with E-state index in [1.807, 2.05) is 0 Å². The molecular formula is C14H20N2O3S. The first-order valence-corrected chi connectivity index (χ1v) is 8.19. The van der Waals surface area contributed by atoms with E-state index >= 15 is 0 Å². The number of sulfonamides is 1. The van der Waals surface area contributed by atoms with Crippen LogP contribution in [0, 0.1) is 5.92 Å². The molecular weight excluding hydrogens is 276 g/mol. The van der Waals surface area contributed by atoms with E-state index in [9.17, 15) is 13.2 Å². The van der Waals surface area contributed by atoms with Crippen LogP contribution in [-0.2, 0) is 14.8 Å². The fourth-order valence-electron chi connectivity index (χ4n) is 2.35. The minimum absolute atomic E-state index is 0.0331. The van der Waals surface area contributed by atoms with Crippen LogP contribution < -0.4 is 5.32 Å². The van der Waals surface area contributed by atoms with E-state index in [0.29, 0.717) is 5.69 Å². The number of nitrogens with one attached hydrogen (secondary N) is 1. The molecule has 0 aliphatic heterocycles. The topological polar surface area (TPSA) is 66.5 Å². The molecule has 0 aromatic heterocycles. The molecule has 1 aliphatic rings. The first-order valence-electron chi connectivity index (χ1n) is 6.75. The normalized spacial score (nSPS) is 16.6. The van der Waals surface area contributed by atoms with Gasteiger partial charge in [0.15, 0.2) is 0 Å². The third-order valence-corrected chi connectivity index (χ3v) is 5.46. The first-order chi connectivity index (χ1) is 9.41. The summed E-state index contributed by atoms with van der Waals surface area (Å²) in [6.45, 7) is 0. The summed E-state index contributed by atoms with van der Waals surface area (Å²) in [5.41, 5.74) is 0.639. The summed E-state index contributed by atoms with van der Waals surface area (Å²) in [4.78, 5) is 12.2. The molecule has 20 heavy (non-hydrogen) atoms. The summed E-state index contributed by atoms with van der Waals surface area (Å²) in [6.07, 6.45) is 4.11. The standard InChI is InChI=1S/C14H20N2O3S/c1-16(2)20(18,19)13-9-7-12(8-10-13)15-14(17)11-5-3-4-6-11/h7-11H,3-6H2,1-2H3,(H,15,17). The predicted molar refractivity (Wildman–Crippen MR) is 77.9 cm³/mol. The Morgan fingerprint density at radius 2 is 1.70 bits per heavy atom. The molecule has 0 atom stereocenters. The lowest BCUT2D eigenvalue weighted by Crippen LogP contribution is -2.22. The predicted octanol–water partition coefficient (Wildman–Crippen LogP) is 2.07. The largest absolute Gasteiger partial charge is 0.326 e. The Hall–Kier alpha value is -1.40. The summed E-state index contributed by atoms with van der Waals surface area (Å²) in [7, 11) is -0.435. The highest BCUT2D eigenvalue weighted by atomic mass is 32.2. The highest BCUT2D eigenvalue weighted by molar-refractivity contribution is 7.89. The quantitative estimate of drug-likeness (QED) is 0.925. The molecule has 110 valence electrons. The van der Waals surface area contributed by atoms with E-state index in [1.54, 1.807) is 12.1 Å². The van der Waals surface area contributed by atoms with Gasteiger partial charge in [-0.2, -0.15) is 0 Å². The monoisotopic (exact) mass is 296 g/mol. The van der Waals surface area contributed by atoms with Gasteiger partial charge in [0.05, 0.1) is 4.90 Å². The Kier molecular flexibility index (Phi) is 4.45. The van der Waals surface area contributed by atoms with Crippen molar-refractivity contribution in [3.63, 3.8) is 0 Å². The van der Waals surface area contributed by atoms with E-state index < -0.39 is 10.0 Å². The Morgan fingerprint density at radius 1 is 1.15 bits per heavy atom. The van der Waals surface area contributed by atoms with Gasteiger partial charge in [0.1, 0.15) is 0 Å². The molecule has 0 bridgehead atoms. The lowest BCUT2D eigenvalue weighted by atomic mass is 10.1. The Bertz CT molecular complexity index is 573. The number of benzene rings is 1. The van der Waals surface area contributed by atoms with Crippen molar-refractivity contribution in [2.45, 2.75) is 30.6 Å². The summed E-state index contributed by atoms with van der Waals surface area (Å²) < 4.78 is 25.0. The Morgan fingerprint density at radius 3 is 2.20 bits per heavy atom. The van der Waals surface area contributed by atoms with E-state index in [0.717, 1.165) is 25.7 Å². The number of nitrogens with zero attached hydrogens (tertiary/aromatic N) is 1. The van der Waals surface area contributed by atoms with Crippen LogP contribution in [0.4, 0.5) is 5.69 Å². The van der Waals surface area contributed by atoms with E-state index in [4.69, 9.17) is 0 Å². The molecule has 5 nitrogen and oxygen atoms in total. The number of hydrogen-bond donors (Lipinski definition) is 1. The average Bonchev–Trinajstić information content (AvgIpc) is 2.93. The maximum absolute atomic E-state index is 12.0. The molecule has 2 rings (SSSR count). The smallest absolute Gasteiger partial charge is 0.242 e. The number of carbonyl (C=O) groups is 1. The highest BCUT2D eigenvalue weighted by Crippen LogP contribution is 2.26. The van der Waals surface area contributed by atoms with Crippen LogP contribution in [0.15, 0.2) is 29.2 Å². The molecule has 0 saturated heterocycles. The maximum Gasteiger partial charge on any atom is 0.242 e. The minimum atomic E-state index is -3.42. The van der Waals surface area contributed by atoms with Crippen molar-refractivity contribution < 1.29 is 13.2 Å². The fraction of sp³-hybridized carbons (Fsp3) is 0.500. The lowest BCUT2D eigenvalue weighted by molar-refractivity contribution is -0.119. The number of rotatable bonds is 4. The molecule has 0 unspecified atom stereocenters. The van der Waals surface area contributed by atoms with Crippen molar-refractivity contribution in [2.24, 2.45) is 5.92 Å². The second-order valence-electron chi connectivity index (χ2n) is 5.28. The molecule has 0 spiro atoms. The van der Waals surface area contributed by atoms with Gasteiger partial charge in [-0.05, 0) is 37.1 Å². The molecule has 1 amide bonds. The van der Waals surface area contributed by atoms with Gasteiger partial charge >= 0.3 is 0 Å². The number of hydrogen-bond acceptors (Lipinski definition) is 3. The van der Waals surface area contributed by atoms with Crippen LogP contribution in [0.1, 0.15) is 25.7 Å². The van der Waals surface area contributed by atoms with Gasteiger partial charge in [0, 0.05) is 25.7 Å². The minimum Gasteiger partial charge on any atom is -0.326 e. The van der Waals surface area contributed by atoms with Gasteiger partial charge < -0.3 is 5.32 Å². The van der Waals surface area contributed by atoms with Gasteiger partial charge in [0.2, 0.25) is 15.9 Å².